The van der Waals surface area contributed by atoms with Crippen LogP contribution in [0, 0.1) is 0 Å². The number of fused-ring (bicyclic) bond motifs is 1. The van der Waals surface area contributed by atoms with Crippen molar-refractivity contribution in [3.05, 3.63) is 30.0 Å². The van der Waals surface area contributed by atoms with E-state index in [1.165, 1.54) is 6.42 Å². The average molecular weight is 546 g/mol. The number of ether oxygens (including phenoxy) is 1. The lowest BCUT2D eigenvalue weighted by Crippen LogP contribution is -2.36. The predicted molar refractivity (Wildman–Crippen MR) is 149 cm³/mol. The van der Waals surface area contributed by atoms with Crippen LogP contribution in [0.25, 0.3) is 10.3 Å². The molecule has 6 heterocycles. The van der Waals surface area contributed by atoms with Gasteiger partial charge >= 0.3 is 0 Å². The Morgan fingerprint density at radius 3 is 2.57 bits per heavy atom. The molecule has 1 atom stereocenters. The van der Waals surface area contributed by atoms with Gasteiger partial charge < -0.3 is 29.9 Å². The fraction of sp³-hybridized carbons (Fsp3) is 0.520. The first-order valence-electron chi connectivity index (χ1n) is 12.7. The highest BCUT2D eigenvalue weighted by Crippen LogP contribution is 2.35. The maximum atomic E-state index is 13.3. The molecule has 3 saturated heterocycles. The SMILES string of the molecule is Cl.O=C(Nc1cc2sc(N3CCOCC3)nc2nc1N1CCCCC1)c1cccc(N2CCC(O)C2)n1. The first-order chi connectivity index (χ1) is 17.6. The Labute approximate surface area is 226 Å². The van der Waals surface area contributed by atoms with Crippen molar-refractivity contribution >= 4 is 62.5 Å². The van der Waals surface area contributed by atoms with Crippen LogP contribution in [-0.4, -0.2) is 84.6 Å². The number of carbonyl (C=O) groups is 1. The van der Waals surface area contributed by atoms with Gasteiger partial charge in [0.05, 0.1) is 29.7 Å². The van der Waals surface area contributed by atoms with Crippen LogP contribution in [0.15, 0.2) is 24.3 Å². The molecule has 0 bridgehead atoms. The molecule has 37 heavy (non-hydrogen) atoms. The van der Waals surface area contributed by atoms with Gasteiger partial charge in [0.25, 0.3) is 5.91 Å². The highest BCUT2D eigenvalue weighted by atomic mass is 35.5. The Kier molecular flexibility index (Phi) is 7.94. The number of pyridine rings is 2. The van der Waals surface area contributed by atoms with Crippen molar-refractivity contribution in [2.24, 2.45) is 0 Å². The van der Waals surface area contributed by atoms with Gasteiger partial charge in [0, 0.05) is 39.3 Å². The first-order valence-corrected chi connectivity index (χ1v) is 13.6. The molecule has 1 amide bonds. The molecule has 3 fully saturated rings. The van der Waals surface area contributed by atoms with E-state index in [4.69, 9.17) is 14.7 Å². The van der Waals surface area contributed by atoms with E-state index in [1.54, 1.807) is 17.4 Å². The van der Waals surface area contributed by atoms with Crippen molar-refractivity contribution in [1.29, 1.82) is 0 Å². The molecular formula is C25H32ClN7O3S. The zero-order chi connectivity index (χ0) is 24.5. The number of hydrogen-bond donors (Lipinski definition) is 2. The second-order valence-electron chi connectivity index (χ2n) is 9.55. The molecule has 0 aliphatic carbocycles. The van der Waals surface area contributed by atoms with Crippen LogP contribution in [0.1, 0.15) is 36.2 Å². The summed E-state index contributed by atoms with van der Waals surface area (Å²) in [6.07, 6.45) is 3.78. The Morgan fingerprint density at radius 2 is 1.81 bits per heavy atom. The number of piperidine rings is 1. The fourth-order valence-electron chi connectivity index (χ4n) is 5.03. The molecule has 2 N–H and O–H groups in total. The molecule has 0 aromatic carbocycles. The molecule has 3 aliphatic rings. The molecule has 3 aliphatic heterocycles. The molecule has 3 aromatic rings. The molecule has 12 heteroatoms. The van der Waals surface area contributed by atoms with Crippen LogP contribution in [0.4, 0.5) is 22.5 Å². The second-order valence-corrected chi connectivity index (χ2v) is 10.6. The zero-order valence-electron chi connectivity index (χ0n) is 20.6. The van der Waals surface area contributed by atoms with Crippen molar-refractivity contribution < 1.29 is 14.6 Å². The Morgan fingerprint density at radius 1 is 1.00 bits per heavy atom. The summed E-state index contributed by atoms with van der Waals surface area (Å²) in [6.45, 7) is 6.12. The highest BCUT2D eigenvalue weighted by molar-refractivity contribution is 7.22. The van der Waals surface area contributed by atoms with E-state index in [0.29, 0.717) is 49.0 Å². The molecule has 10 nitrogen and oxygen atoms in total. The molecule has 3 aromatic heterocycles. The van der Waals surface area contributed by atoms with Gasteiger partial charge in [-0.15, -0.1) is 12.4 Å². The van der Waals surface area contributed by atoms with E-state index in [9.17, 15) is 9.90 Å². The zero-order valence-corrected chi connectivity index (χ0v) is 22.3. The first kappa shape index (κ1) is 25.9. The lowest BCUT2D eigenvalue weighted by atomic mass is 10.1. The summed E-state index contributed by atoms with van der Waals surface area (Å²) in [7, 11) is 0. The van der Waals surface area contributed by atoms with Gasteiger partial charge in [-0.3, -0.25) is 4.79 Å². The minimum atomic E-state index is -0.351. The predicted octanol–water partition coefficient (Wildman–Crippen LogP) is 3.16. The summed E-state index contributed by atoms with van der Waals surface area (Å²) in [5.41, 5.74) is 1.75. The van der Waals surface area contributed by atoms with E-state index < -0.39 is 0 Å². The van der Waals surface area contributed by atoms with Crippen molar-refractivity contribution in [1.82, 2.24) is 15.0 Å². The van der Waals surface area contributed by atoms with E-state index in [-0.39, 0.29) is 24.4 Å². The summed E-state index contributed by atoms with van der Waals surface area (Å²) in [5, 5.41) is 13.9. The van der Waals surface area contributed by atoms with Gasteiger partial charge in [-0.05, 0) is 43.9 Å². The number of amides is 1. The quantitative estimate of drug-likeness (QED) is 0.500. The number of nitrogens with one attached hydrogen (secondary N) is 1. The largest absolute Gasteiger partial charge is 0.391 e. The van der Waals surface area contributed by atoms with E-state index in [2.05, 4.69) is 20.1 Å². The van der Waals surface area contributed by atoms with E-state index in [0.717, 1.165) is 61.2 Å². The van der Waals surface area contributed by atoms with Crippen molar-refractivity contribution in [2.75, 3.05) is 72.5 Å². The smallest absolute Gasteiger partial charge is 0.274 e. The number of aliphatic hydroxyl groups excluding tert-OH is 1. The van der Waals surface area contributed by atoms with Crippen LogP contribution in [0.3, 0.4) is 0 Å². The minimum Gasteiger partial charge on any atom is -0.391 e. The Bertz CT molecular complexity index is 1250. The van der Waals surface area contributed by atoms with Crippen LogP contribution in [0.2, 0.25) is 0 Å². The number of carbonyl (C=O) groups excluding carboxylic acids is 1. The van der Waals surface area contributed by atoms with Crippen molar-refractivity contribution in [3.63, 3.8) is 0 Å². The monoisotopic (exact) mass is 545 g/mol. The summed E-state index contributed by atoms with van der Waals surface area (Å²) < 4.78 is 6.43. The van der Waals surface area contributed by atoms with E-state index in [1.807, 2.05) is 23.1 Å². The maximum absolute atomic E-state index is 13.3. The number of anilines is 4. The molecule has 198 valence electrons. The third-order valence-corrected chi connectivity index (χ3v) is 8.04. The topological polar surface area (TPSA) is 107 Å². The van der Waals surface area contributed by atoms with Gasteiger partial charge in [-0.25, -0.2) is 9.97 Å². The third-order valence-electron chi connectivity index (χ3n) is 6.99. The summed E-state index contributed by atoms with van der Waals surface area (Å²) >= 11 is 1.60. The molecule has 6 rings (SSSR count). The van der Waals surface area contributed by atoms with Crippen molar-refractivity contribution in [2.45, 2.75) is 31.8 Å². The molecular weight excluding hydrogens is 514 g/mol. The minimum absolute atomic E-state index is 0. The van der Waals surface area contributed by atoms with Gasteiger partial charge in [-0.1, -0.05) is 17.4 Å². The number of aromatic nitrogens is 3. The molecule has 0 saturated carbocycles. The van der Waals surface area contributed by atoms with Crippen LogP contribution >= 0.6 is 23.7 Å². The average Bonchev–Trinajstić information content (AvgIpc) is 3.55. The van der Waals surface area contributed by atoms with Crippen LogP contribution in [0.5, 0.6) is 0 Å². The lowest BCUT2D eigenvalue weighted by Gasteiger charge is -2.29. The number of thiazole rings is 1. The second kappa shape index (κ2) is 11.3. The van der Waals surface area contributed by atoms with Gasteiger partial charge in [0.1, 0.15) is 11.5 Å². The summed E-state index contributed by atoms with van der Waals surface area (Å²) in [4.78, 5) is 34.2. The number of morpholine rings is 1. The van der Waals surface area contributed by atoms with Crippen molar-refractivity contribution in [3.8, 4) is 0 Å². The molecule has 0 radical (unpaired) electrons. The number of nitrogens with zero attached hydrogens (tertiary/aromatic N) is 6. The third kappa shape index (κ3) is 5.59. The van der Waals surface area contributed by atoms with Crippen LogP contribution < -0.4 is 20.0 Å². The van der Waals surface area contributed by atoms with Gasteiger partial charge in [0.15, 0.2) is 16.6 Å². The normalized spacial score (nSPS) is 20.2. The summed E-state index contributed by atoms with van der Waals surface area (Å²) in [5.74, 6) is 1.21. The van der Waals surface area contributed by atoms with E-state index >= 15 is 0 Å². The highest BCUT2D eigenvalue weighted by Gasteiger charge is 2.24. The number of halogens is 1. The Balaban J connectivity index is 0.00000280. The number of aliphatic hydroxyl groups is 1. The Hall–Kier alpha value is -2.73. The fourth-order valence-corrected chi connectivity index (χ4v) is 6.03. The number of rotatable bonds is 5. The molecule has 1 unspecified atom stereocenters. The van der Waals surface area contributed by atoms with Gasteiger partial charge in [-0.2, -0.15) is 4.98 Å². The maximum Gasteiger partial charge on any atom is 0.274 e. The lowest BCUT2D eigenvalue weighted by molar-refractivity contribution is 0.102. The number of β-amino-alcohol motifs (C(OH)–C–C–N with tert-alkyl or cyclic N) is 1. The number of hydrogen-bond acceptors (Lipinski definition) is 10. The molecule has 0 spiro atoms. The summed E-state index contributed by atoms with van der Waals surface area (Å²) in [6, 6.07) is 7.45. The standard InChI is InChI=1S/C25H31N7O3S.ClH/c33-17-7-10-32(16-17)21-6-4-5-18(26-21)24(34)27-19-15-20-22(28-23(19)30-8-2-1-3-9-30)29-25(36-20)31-11-13-35-14-12-31;/h4-6,15,17,33H,1-3,7-14,16H2,(H,27,34);1H. The van der Waals surface area contributed by atoms with Crippen LogP contribution in [-0.2, 0) is 4.74 Å². The van der Waals surface area contributed by atoms with Gasteiger partial charge in [0.2, 0.25) is 0 Å².